The number of anilines is 1. The van der Waals surface area contributed by atoms with Crippen molar-refractivity contribution in [2.75, 3.05) is 11.9 Å². The summed E-state index contributed by atoms with van der Waals surface area (Å²) in [4.78, 5) is 18.1. The number of hydrogen-bond donors (Lipinski definition) is 0. The third kappa shape index (κ3) is 4.16. The molecule has 1 aromatic heterocycles. The van der Waals surface area contributed by atoms with Gasteiger partial charge < -0.3 is 0 Å². The van der Waals surface area contributed by atoms with Crippen LogP contribution in [0.3, 0.4) is 0 Å². The van der Waals surface area contributed by atoms with Crippen LogP contribution in [0.5, 0.6) is 0 Å². The molecular formula is C19H14BrF2N2OS. The number of carbonyl (C=O) groups excluding carboxylic acids is 1. The van der Waals surface area contributed by atoms with Crippen molar-refractivity contribution in [2.24, 2.45) is 0 Å². The second kappa shape index (κ2) is 8.05. The van der Waals surface area contributed by atoms with E-state index in [1.54, 1.807) is 25.2 Å². The Bertz CT molecular complexity index is 945. The number of nitrogens with zero attached hydrogens (tertiary/aromatic N) is 2. The summed E-state index contributed by atoms with van der Waals surface area (Å²) in [5, 5.41) is 4.10. The quantitative estimate of drug-likeness (QED) is 0.528. The zero-order valence-electron chi connectivity index (χ0n) is 13.8. The maximum atomic E-state index is 14.4. The van der Waals surface area contributed by atoms with Crippen LogP contribution >= 0.6 is 27.3 Å². The molecule has 0 aliphatic rings. The van der Waals surface area contributed by atoms with Crippen molar-refractivity contribution >= 4 is 38.3 Å². The highest BCUT2D eigenvalue weighted by Gasteiger charge is 2.16. The summed E-state index contributed by atoms with van der Waals surface area (Å²) in [7, 11) is 1.63. The highest BCUT2D eigenvalue weighted by Crippen LogP contribution is 2.25. The molecule has 0 aliphatic heterocycles. The van der Waals surface area contributed by atoms with Gasteiger partial charge in [0.2, 0.25) is 5.91 Å². The number of benzene rings is 2. The molecule has 0 N–H and O–H groups in total. The Morgan fingerprint density at radius 1 is 1.27 bits per heavy atom. The van der Waals surface area contributed by atoms with Gasteiger partial charge in [0, 0.05) is 17.9 Å². The predicted octanol–water partition coefficient (Wildman–Crippen LogP) is 4.99. The molecule has 3 rings (SSSR count). The van der Waals surface area contributed by atoms with E-state index in [0.29, 0.717) is 27.2 Å². The van der Waals surface area contributed by atoms with Crippen molar-refractivity contribution in [3.63, 3.8) is 0 Å². The predicted molar refractivity (Wildman–Crippen MR) is 102 cm³/mol. The summed E-state index contributed by atoms with van der Waals surface area (Å²) in [6.07, 6.45) is 0.0417. The number of aromatic nitrogens is 1. The normalized spacial score (nSPS) is 10.8. The number of halogens is 3. The van der Waals surface area contributed by atoms with Gasteiger partial charge in [0.1, 0.15) is 11.6 Å². The Balaban J connectivity index is 1.76. The number of alkyl halides is 1. The van der Waals surface area contributed by atoms with E-state index in [0.717, 1.165) is 5.69 Å². The monoisotopic (exact) mass is 435 g/mol. The third-order valence-electron chi connectivity index (χ3n) is 3.80. The average molecular weight is 436 g/mol. The minimum atomic E-state index is -0.493. The largest absolute Gasteiger partial charge is 0.291 e. The molecule has 7 heteroatoms. The van der Waals surface area contributed by atoms with E-state index in [-0.39, 0.29) is 12.3 Å². The maximum Gasteiger partial charge on any atom is 0.232 e. The lowest BCUT2D eigenvalue weighted by Crippen LogP contribution is -2.27. The van der Waals surface area contributed by atoms with Crippen LogP contribution in [-0.2, 0) is 16.5 Å². The highest BCUT2D eigenvalue weighted by atomic mass is 79.9. The zero-order chi connectivity index (χ0) is 18.7. The molecule has 0 saturated heterocycles. The lowest BCUT2D eigenvalue weighted by atomic mass is 10.0. The number of likely N-dealkylation sites (N-methyl/N-ethyl adjacent to an activating group) is 1. The van der Waals surface area contributed by atoms with Crippen molar-refractivity contribution in [3.8, 4) is 11.1 Å². The fourth-order valence-corrected chi connectivity index (χ4v) is 3.60. The number of thiazole rings is 1. The SMILES string of the molecule is CN(C(=O)Cc1ccc(-c2cccc(F)c2)c(F)c1)c1nc(CBr)[c]s1. The summed E-state index contributed by atoms with van der Waals surface area (Å²) >= 11 is 4.55. The van der Waals surface area contributed by atoms with Gasteiger partial charge in [-0.3, -0.25) is 9.69 Å². The first-order valence-electron chi connectivity index (χ1n) is 7.72. The van der Waals surface area contributed by atoms with E-state index in [1.165, 1.54) is 40.5 Å². The van der Waals surface area contributed by atoms with Gasteiger partial charge in [-0.05, 0) is 29.3 Å². The average Bonchev–Trinajstić information content (AvgIpc) is 3.10. The summed E-state index contributed by atoms with van der Waals surface area (Å²) in [6.45, 7) is 0. The van der Waals surface area contributed by atoms with Crippen molar-refractivity contribution in [2.45, 2.75) is 11.8 Å². The smallest absolute Gasteiger partial charge is 0.232 e. The summed E-state index contributed by atoms with van der Waals surface area (Å²) in [5.74, 6) is -1.12. The van der Waals surface area contributed by atoms with E-state index in [1.807, 2.05) is 0 Å². The van der Waals surface area contributed by atoms with Crippen molar-refractivity contribution in [3.05, 3.63) is 70.7 Å². The molecule has 0 bridgehead atoms. The summed E-state index contributed by atoms with van der Waals surface area (Å²) in [6, 6.07) is 10.3. The van der Waals surface area contributed by atoms with Gasteiger partial charge in [-0.15, -0.1) is 0 Å². The molecule has 1 heterocycles. The van der Waals surface area contributed by atoms with Gasteiger partial charge in [-0.25, -0.2) is 13.8 Å². The highest BCUT2D eigenvalue weighted by molar-refractivity contribution is 9.08. The van der Waals surface area contributed by atoms with Gasteiger partial charge in [-0.1, -0.05) is 51.5 Å². The second-order valence-corrected chi connectivity index (χ2v) is 6.97. The fraction of sp³-hybridized carbons (Fsp3) is 0.158. The van der Waals surface area contributed by atoms with Crippen LogP contribution in [0, 0.1) is 17.0 Å². The van der Waals surface area contributed by atoms with Crippen LogP contribution in [0.25, 0.3) is 11.1 Å². The van der Waals surface area contributed by atoms with Gasteiger partial charge >= 0.3 is 0 Å². The molecule has 133 valence electrons. The Morgan fingerprint density at radius 3 is 2.73 bits per heavy atom. The molecule has 0 unspecified atom stereocenters. The first kappa shape index (κ1) is 18.7. The van der Waals surface area contributed by atoms with Crippen LogP contribution < -0.4 is 4.90 Å². The second-order valence-electron chi connectivity index (χ2n) is 5.63. The van der Waals surface area contributed by atoms with Crippen LogP contribution in [0.4, 0.5) is 13.9 Å². The van der Waals surface area contributed by atoms with E-state index in [9.17, 15) is 13.6 Å². The first-order chi connectivity index (χ1) is 12.5. The Morgan fingerprint density at radius 2 is 2.08 bits per heavy atom. The molecule has 1 amide bonds. The zero-order valence-corrected chi connectivity index (χ0v) is 16.2. The molecule has 1 radical (unpaired) electrons. The third-order valence-corrected chi connectivity index (χ3v) is 5.22. The van der Waals surface area contributed by atoms with Gasteiger partial charge in [-0.2, -0.15) is 0 Å². The number of amides is 1. The topological polar surface area (TPSA) is 33.2 Å². The van der Waals surface area contributed by atoms with E-state index >= 15 is 0 Å². The van der Waals surface area contributed by atoms with E-state index in [2.05, 4.69) is 26.3 Å². The van der Waals surface area contributed by atoms with Crippen molar-refractivity contribution < 1.29 is 13.6 Å². The number of hydrogen-bond acceptors (Lipinski definition) is 3. The van der Waals surface area contributed by atoms with Crippen LogP contribution in [0.2, 0.25) is 0 Å². The summed E-state index contributed by atoms with van der Waals surface area (Å²) in [5.41, 5.74) is 2.03. The summed E-state index contributed by atoms with van der Waals surface area (Å²) < 4.78 is 27.8. The minimum absolute atomic E-state index is 0.0417. The molecule has 3 aromatic rings. The number of rotatable bonds is 5. The maximum absolute atomic E-state index is 14.4. The first-order valence-corrected chi connectivity index (χ1v) is 9.66. The lowest BCUT2D eigenvalue weighted by Gasteiger charge is -2.14. The van der Waals surface area contributed by atoms with E-state index < -0.39 is 11.6 Å². The molecular weight excluding hydrogens is 422 g/mol. The van der Waals surface area contributed by atoms with Crippen LogP contribution in [0.15, 0.2) is 42.5 Å². The van der Waals surface area contributed by atoms with Crippen molar-refractivity contribution in [1.82, 2.24) is 4.98 Å². The van der Waals surface area contributed by atoms with Crippen LogP contribution in [0.1, 0.15) is 11.3 Å². The van der Waals surface area contributed by atoms with E-state index in [4.69, 9.17) is 0 Å². The Labute approximate surface area is 162 Å². The molecule has 2 aromatic carbocycles. The van der Waals surface area contributed by atoms with Gasteiger partial charge in [0.05, 0.1) is 17.5 Å². The van der Waals surface area contributed by atoms with Crippen LogP contribution in [-0.4, -0.2) is 17.9 Å². The lowest BCUT2D eigenvalue weighted by molar-refractivity contribution is -0.117. The molecule has 0 fully saturated rings. The number of carbonyl (C=O) groups is 1. The molecule has 0 spiro atoms. The minimum Gasteiger partial charge on any atom is -0.291 e. The fourth-order valence-electron chi connectivity index (χ4n) is 2.42. The standard InChI is InChI=1S/C19H14BrF2N2OS/c1-24(19-23-15(10-20)11-26-19)18(25)8-12-5-6-16(17(22)7-12)13-3-2-4-14(21)9-13/h2-7,9H,8,10H2,1H3. The Hall–Kier alpha value is -2.12. The Kier molecular flexibility index (Phi) is 5.78. The molecule has 0 saturated carbocycles. The molecule has 0 atom stereocenters. The molecule has 26 heavy (non-hydrogen) atoms. The van der Waals surface area contributed by atoms with Gasteiger partial charge in [0.15, 0.2) is 5.13 Å². The molecule has 3 nitrogen and oxygen atoms in total. The van der Waals surface area contributed by atoms with Gasteiger partial charge in [0.25, 0.3) is 0 Å². The molecule has 0 aliphatic carbocycles. The van der Waals surface area contributed by atoms with Crippen molar-refractivity contribution in [1.29, 1.82) is 0 Å².